The van der Waals surface area contributed by atoms with Gasteiger partial charge >= 0.3 is 0 Å². The van der Waals surface area contributed by atoms with Gasteiger partial charge in [0, 0.05) is 37.7 Å². The van der Waals surface area contributed by atoms with E-state index >= 15 is 0 Å². The average Bonchev–Trinajstić information content (AvgIpc) is 3.36. The molecule has 0 spiro atoms. The topological polar surface area (TPSA) is 83.8 Å². The molecule has 1 aromatic carbocycles. The van der Waals surface area contributed by atoms with Crippen molar-refractivity contribution in [1.29, 1.82) is 0 Å². The number of thiophene rings is 1. The maximum absolute atomic E-state index is 13.0. The zero-order chi connectivity index (χ0) is 19.0. The fraction of sp³-hybridized carbons (Fsp3) is 0.368. The molecule has 0 atom stereocenters. The number of nitrogens with zero attached hydrogens (tertiary/aromatic N) is 3. The number of benzene rings is 1. The highest BCUT2D eigenvalue weighted by atomic mass is 32.1. The number of non-ortho nitro benzene ring substituents is 1. The van der Waals surface area contributed by atoms with E-state index in [9.17, 15) is 19.7 Å². The van der Waals surface area contributed by atoms with Crippen LogP contribution in [0.2, 0.25) is 0 Å². The second kappa shape index (κ2) is 7.11. The van der Waals surface area contributed by atoms with Crippen molar-refractivity contribution in [2.75, 3.05) is 24.5 Å². The molecule has 7 nitrogen and oxygen atoms in total. The summed E-state index contributed by atoms with van der Waals surface area (Å²) in [5, 5.41) is 12.9. The van der Waals surface area contributed by atoms with Gasteiger partial charge in [0.15, 0.2) is 0 Å². The van der Waals surface area contributed by atoms with Crippen LogP contribution < -0.4 is 4.90 Å². The molecule has 2 amide bonds. The lowest BCUT2D eigenvalue weighted by Gasteiger charge is -2.33. The van der Waals surface area contributed by atoms with E-state index in [0.717, 1.165) is 16.9 Å². The van der Waals surface area contributed by atoms with Gasteiger partial charge in [-0.3, -0.25) is 19.7 Å². The first-order chi connectivity index (χ1) is 13.0. The number of likely N-dealkylation sites (tertiary alicyclic amines) is 1. The maximum Gasteiger partial charge on any atom is 0.271 e. The zero-order valence-corrected chi connectivity index (χ0v) is 15.5. The first kappa shape index (κ1) is 17.7. The summed E-state index contributed by atoms with van der Waals surface area (Å²) in [7, 11) is 0. The lowest BCUT2D eigenvalue weighted by atomic mass is 9.95. The van der Waals surface area contributed by atoms with Crippen molar-refractivity contribution in [3.63, 3.8) is 0 Å². The minimum atomic E-state index is -0.435. The predicted octanol–water partition coefficient (Wildman–Crippen LogP) is 3.10. The van der Waals surface area contributed by atoms with Gasteiger partial charge in [-0.05, 0) is 36.3 Å². The van der Waals surface area contributed by atoms with Crippen LogP contribution in [0.1, 0.15) is 28.1 Å². The second-order valence-electron chi connectivity index (χ2n) is 6.85. The number of anilines is 1. The molecule has 8 heteroatoms. The first-order valence-corrected chi connectivity index (χ1v) is 9.84. The Morgan fingerprint density at radius 1 is 1.15 bits per heavy atom. The van der Waals surface area contributed by atoms with E-state index in [4.69, 9.17) is 0 Å². The Kier molecular flexibility index (Phi) is 4.65. The number of nitro groups is 1. The van der Waals surface area contributed by atoms with Crippen LogP contribution in [0.3, 0.4) is 0 Å². The SMILES string of the molecule is O=C(c1cccs1)N1CCC(C(=O)N2CCc3ccc([N+](=O)[O-])cc32)CC1. The molecule has 4 rings (SSSR count). The van der Waals surface area contributed by atoms with Crippen LogP contribution in [0, 0.1) is 16.0 Å². The molecule has 0 aliphatic carbocycles. The highest BCUT2D eigenvalue weighted by Gasteiger charge is 2.34. The van der Waals surface area contributed by atoms with Crippen LogP contribution >= 0.6 is 11.3 Å². The Morgan fingerprint density at radius 2 is 1.93 bits per heavy atom. The van der Waals surface area contributed by atoms with Crippen LogP contribution in [0.4, 0.5) is 11.4 Å². The lowest BCUT2D eigenvalue weighted by Crippen LogP contribution is -2.44. The largest absolute Gasteiger partial charge is 0.338 e. The molecule has 0 unspecified atom stereocenters. The maximum atomic E-state index is 13.0. The molecule has 2 aliphatic heterocycles. The number of hydrogen-bond acceptors (Lipinski definition) is 5. The van der Waals surface area contributed by atoms with Crippen LogP contribution in [-0.4, -0.2) is 41.3 Å². The Bertz CT molecular complexity index is 888. The fourth-order valence-corrected chi connectivity index (χ4v) is 4.51. The van der Waals surface area contributed by atoms with Gasteiger partial charge in [-0.15, -0.1) is 11.3 Å². The van der Waals surface area contributed by atoms with Crippen LogP contribution in [-0.2, 0) is 11.2 Å². The number of nitro benzene ring substituents is 1. The van der Waals surface area contributed by atoms with E-state index in [2.05, 4.69) is 0 Å². The van der Waals surface area contributed by atoms with E-state index in [0.29, 0.717) is 38.2 Å². The van der Waals surface area contributed by atoms with Crippen LogP contribution in [0.5, 0.6) is 0 Å². The normalized spacial score (nSPS) is 17.0. The summed E-state index contributed by atoms with van der Waals surface area (Å²) in [5.41, 5.74) is 1.63. The van der Waals surface area contributed by atoms with Crippen molar-refractivity contribution in [3.8, 4) is 0 Å². The predicted molar refractivity (Wildman–Crippen MR) is 102 cm³/mol. The molecule has 1 fully saturated rings. The Labute approximate surface area is 160 Å². The van der Waals surface area contributed by atoms with Crippen molar-refractivity contribution in [2.45, 2.75) is 19.3 Å². The van der Waals surface area contributed by atoms with Gasteiger partial charge in [-0.25, -0.2) is 0 Å². The molecule has 2 aromatic rings. The fourth-order valence-electron chi connectivity index (χ4n) is 3.82. The standard InChI is InChI=1S/C19H19N3O4S/c23-18(21-10-7-13-3-4-15(22(25)26)12-16(13)21)14-5-8-20(9-6-14)19(24)17-2-1-11-27-17/h1-4,11-12,14H,5-10H2. The van der Waals surface area contributed by atoms with Crippen molar-refractivity contribution >= 4 is 34.5 Å². The first-order valence-electron chi connectivity index (χ1n) is 8.96. The minimum absolute atomic E-state index is 0.00446. The monoisotopic (exact) mass is 385 g/mol. The molecule has 140 valence electrons. The van der Waals surface area contributed by atoms with E-state index in [-0.39, 0.29) is 23.4 Å². The highest BCUT2D eigenvalue weighted by Crippen LogP contribution is 2.34. The number of rotatable bonds is 3. The molecule has 0 bridgehead atoms. The number of fused-ring (bicyclic) bond motifs is 1. The molecular formula is C19H19N3O4S. The van der Waals surface area contributed by atoms with Gasteiger partial charge in [0.1, 0.15) is 0 Å². The summed E-state index contributed by atoms with van der Waals surface area (Å²) in [6.07, 6.45) is 1.96. The van der Waals surface area contributed by atoms with Crippen molar-refractivity contribution in [1.82, 2.24) is 4.90 Å². The molecular weight excluding hydrogens is 366 g/mol. The number of hydrogen-bond donors (Lipinski definition) is 0. The number of piperidine rings is 1. The van der Waals surface area contributed by atoms with E-state index in [1.807, 2.05) is 17.5 Å². The van der Waals surface area contributed by atoms with Gasteiger partial charge in [-0.1, -0.05) is 12.1 Å². The Balaban J connectivity index is 1.43. The lowest BCUT2D eigenvalue weighted by molar-refractivity contribution is -0.384. The summed E-state index contributed by atoms with van der Waals surface area (Å²) in [5.74, 6) is -0.113. The smallest absolute Gasteiger partial charge is 0.271 e. The zero-order valence-electron chi connectivity index (χ0n) is 14.7. The highest BCUT2D eigenvalue weighted by molar-refractivity contribution is 7.12. The molecule has 2 aliphatic rings. The van der Waals surface area contributed by atoms with Crippen molar-refractivity contribution in [2.24, 2.45) is 5.92 Å². The summed E-state index contributed by atoms with van der Waals surface area (Å²) >= 11 is 1.43. The summed E-state index contributed by atoms with van der Waals surface area (Å²) in [4.78, 5) is 40.3. The number of carbonyl (C=O) groups is 2. The molecule has 27 heavy (non-hydrogen) atoms. The number of carbonyl (C=O) groups excluding carboxylic acids is 2. The van der Waals surface area contributed by atoms with Crippen LogP contribution in [0.15, 0.2) is 35.7 Å². The van der Waals surface area contributed by atoms with Gasteiger partial charge in [0.2, 0.25) is 5.91 Å². The molecule has 0 radical (unpaired) electrons. The molecule has 0 N–H and O–H groups in total. The Morgan fingerprint density at radius 3 is 2.59 bits per heavy atom. The quantitative estimate of drug-likeness (QED) is 0.600. The third-order valence-electron chi connectivity index (χ3n) is 5.30. The van der Waals surface area contributed by atoms with Gasteiger partial charge < -0.3 is 9.80 Å². The van der Waals surface area contributed by atoms with E-state index in [1.54, 1.807) is 15.9 Å². The second-order valence-corrected chi connectivity index (χ2v) is 7.80. The van der Waals surface area contributed by atoms with Crippen LogP contribution in [0.25, 0.3) is 0 Å². The van der Waals surface area contributed by atoms with Crippen molar-refractivity contribution < 1.29 is 14.5 Å². The minimum Gasteiger partial charge on any atom is -0.338 e. The Hall–Kier alpha value is -2.74. The van der Waals surface area contributed by atoms with Gasteiger partial charge in [0.05, 0.1) is 15.5 Å². The van der Waals surface area contributed by atoms with E-state index in [1.165, 1.54) is 23.5 Å². The third kappa shape index (κ3) is 3.32. The summed E-state index contributed by atoms with van der Waals surface area (Å²) in [6, 6.07) is 8.40. The molecule has 1 saturated heterocycles. The summed E-state index contributed by atoms with van der Waals surface area (Å²) < 4.78 is 0. The number of amides is 2. The molecule has 1 aromatic heterocycles. The molecule has 0 saturated carbocycles. The third-order valence-corrected chi connectivity index (χ3v) is 6.16. The van der Waals surface area contributed by atoms with Crippen molar-refractivity contribution in [3.05, 3.63) is 56.3 Å². The summed E-state index contributed by atoms with van der Waals surface area (Å²) in [6.45, 7) is 1.68. The van der Waals surface area contributed by atoms with Gasteiger partial charge in [0.25, 0.3) is 11.6 Å². The average molecular weight is 385 g/mol. The van der Waals surface area contributed by atoms with Gasteiger partial charge in [-0.2, -0.15) is 0 Å². The molecule has 3 heterocycles. The van der Waals surface area contributed by atoms with E-state index < -0.39 is 4.92 Å².